The van der Waals surface area contributed by atoms with Crippen molar-refractivity contribution in [2.75, 3.05) is 0 Å². The molecule has 0 fully saturated rings. The molecule has 0 nitrogen and oxygen atoms in total. The van der Waals surface area contributed by atoms with Crippen LogP contribution in [0.2, 0.25) is 10.0 Å². The highest BCUT2D eigenvalue weighted by atomic mass is 35.5. The van der Waals surface area contributed by atoms with Gasteiger partial charge in [-0.3, -0.25) is 0 Å². The summed E-state index contributed by atoms with van der Waals surface area (Å²) < 4.78 is 39.1. The smallest absolute Gasteiger partial charge is 0.194 e. The second-order valence-corrected chi connectivity index (χ2v) is 5.09. The van der Waals surface area contributed by atoms with Gasteiger partial charge in [0.1, 0.15) is 0 Å². The van der Waals surface area contributed by atoms with Crippen LogP contribution in [0.5, 0.6) is 0 Å². The van der Waals surface area contributed by atoms with Crippen molar-refractivity contribution in [1.29, 1.82) is 0 Å². The topological polar surface area (TPSA) is 0 Å². The van der Waals surface area contributed by atoms with Gasteiger partial charge in [-0.25, -0.2) is 13.2 Å². The summed E-state index contributed by atoms with van der Waals surface area (Å²) in [6.45, 7) is 0. The first-order valence-corrected chi connectivity index (χ1v) is 6.33. The Hall–Kier alpha value is -0.900. The van der Waals surface area contributed by atoms with Gasteiger partial charge >= 0.3 is 0 Å². The molecule has 6 heteroatoms. The zero-order valence-corrected chi connectivity index (χ0v) is 11.5. The fourth-order valence-corrected chi connectivity index (χ4v) is 2.15. The van der Waals surface area contributed by atoms with Crippen LogP contribution in [0.3, 0.4) is 0 Å². The van der Waals surface area contributed by atoms with Crippen molar-refractivity contribution in [2.45, 2.75) is 5.38 Å². The maximum Gasteiger partial charge on any atom is 0.194 e. The first kappa shape index (κ1) is 14.5. The molecule has 2 rings (SSSR count). The second kappa shape index (κ2) is 5.61. The maximum absolute atomic E-state index is 13.1. The van der Waals surface area contributed by atoms with Gasteiger partial charge in [0.2, 0.25) is 0 Å². The van der Waals surface area contributed by atoms with Crippen molar-refractivity contribution in [3.8, 4) is 0 Å². The molecule has 2 aromatic rings. The van der Waals surface area contributed by atoms with E-state index in [-0.39, 0.29) is 10.6 Å². The van der Waals surface area contributed by atoms with Crippen molar-refractivity contribution in [3.63, 3.8) is 0 Å². The molecular weight excluding hydrogens is 319 g/mol. The first-order chi connectivity index (χ1) is 8.90. The van der Waals surface area contributed by atoms with Crippen LogP contribution in [-0.2, 0) is 0 Å². The molecule has 0 aliphatic rings. The van der Waals surface area contributed by atoms with Crippen LogP contribution in [0.4, 0.5) is 13.2 Å². The van der Waals surface area contributed by atoms with Crippen molar-refractivity contribution in [3.05, 3.63) is 69.0 Å². The Balaban J connectivity index is 2.43. The van der Waals surface area contributed by atoms with Crippen LogP contribution in [0.1, 0.15) is 16.5 Å². The Kier molecular flexibility index (Phi) is 4.29. The van der Waals surface area contributed by atoms with E-state index >= 15 is 0 Å². The van der Waals surface area contributed by atoms with Gasteiger partial charge in [0, 0.05) is 0 Å². The Labute approximate surface area is 122 Å². The molecule has 0 N–H and O–H groups in total. The van der Waals surface area contributed by atoms with Crippen LogP contribution >= 0.6 is 34.8 Å². The molecule has 0 radical (unpaired) electrons. The van der Waals surface area contributed by atoms with Gasteiger partial charge in [0.25, 0.3) is 0 Å². The number of rotatable bonds is 2. The molecule has 0 bridgehead atoms. The Morgan fingerprint density at radius 1 is 0.789 bits per heavy atom. The van der Waals surface area contributed by atoms with Gasteiger partial charge < -0.3 is 0 Å². The quantitative estimate of drug-likeness (QED) is 0.488. The summed E-state index contributed by atoms with van der Waals surface area (Å²) in [5.41, 5.74) is 0.595. The monoisotopic (exact) mass is 324 g/mol. The average Bonchev–Trinajstić information content (AvgIpc) is 2.37. The highest BCUT2D eigenvalue weighted by Crippen LogP contribution is 2.33. The summed E-state index contributed by atoms with van der Waals surface area (Å²) in [5.74, 6) is -4.11. The Bertz CT molecular complexity index is 606. The van der Waals surface area contributed by atoms with Gasteiger partial charge in [0.05, 0.1) is 15.4 Å². The lowest BCUT2D eigenvalue weighted by molar-refractivity contribution is 0.445. The summed E-state index contributed by atoms with van der Waals surface area (Å²) in [7, 11) is 0. The van der Waals surface area contributed by atoms with Crippen LogP contribution < -0.4 is 0 Å². The van der Waals surface area contributed by atoms with Crippen molar-refractivity contribution < 1.29 is 13.2 Å². The number of alkyl halides is 1. The lowest BCUT2D eigenvalue weighted by Gasteiger charge is -2.12. The van der Waals surface area contributed by atoms with Crippen LogP contribution in [0, 0.1) is 17.5 Å². The van der Waals surface area contributed by atoms with Gasteiger partial charge in [-0.1, -0.05) is 29.3 Å². The minimum Gasteiger partial charge on any atom is -0.204 e. The molecule has 0 amide bonds. The third kappa shape index (κ3) is 2.99. The number of hydrogen-bond acceptors (Lipinski definition) is 0. The molecule has 0 heterocycles. The highest BCUT2D eigenvalue weighted by molar-refractivity contribution is 6.42. The number of benzene rings is 2. The lowest BCUT2D eigenvalue weighted by atomic mass is 10.0. The lowest BCUT2D eigenvalue weighted by Crippen LogP contribution is -1.99. The summed E-state index contributed by atoms with van der Waals surface area (Å²) in [6.07, 6.45) is 0. The molecule has 1 atom stereocenters. The molecular formula is C13H6Cl3F3. The third-order valence-corrected chi connectivity index (χ3v) is 3.78. The van der Waals surface area contributed by atoms with E-state index in [1.54, 1.807) is 6.07 Å². The fraction of sp³-hybridized carbons (Fsp3) is 0.0769. The molecule has 2 aromatic carbocycles. The van der Waals surface area contributed by atoms with E-state index in [1.165, 1.54) is 12.1 Å². The largest absolute Gasteiger partial charge is 0.204 e. The predicted molar refractivity (Wildman–Crippen MR) is 70.5 cm³/mol. The van der Waals surface area contributed by atoms with Crippen LogP contribution in [-0.4, -0.2) is 0 Å². The highest BCUT2D eigenvalue weighted by Gasteiger charge is 2.17. The number of halogens is 6. The van der Waals surface area contributed by atoms with Crippen molar-refractivity contribution in [2.24, 2.45) is 0 Å². The van der Waals surface area contributed by atoms with Crippen molar-refractivity contribution in [1.82, 2.24) is 0 Å². The SMILES string of the molecule is Fc1cc(C(Cl)c2ccc(Cl)c(Cl)c2)cc(F)c1F. The predicted octanol–water partition coefficient (Wildman–Crippen LogP) is 5.74. The molecule has 0 aliphatic heterocycles. The average molecular weight is 326 g/mol. The maximum atomic E-state index is 13.1. The summed E-state index contributed by atoms with van der Waals surface area (Å²) in [4.78, 5) is 0. The minimum atomic E-state index is -1.53. The van der Waals surface area contributed by atoms with E-state index in [9.17, 15) is 13.2 Å². The summed E-state index contributed by atoms with van der Waals surface area (Å²) >= 11 is 17.7. The van der Waals surface area contributed by atoms with Gasteiger partial charge in [-0.2, -0.15) is 0 Å². The molecule has 100 valence electrons. The van der Waals surface area contributed by atoms with E-state index in [1.807, 2.05) is 0 Å². The van der Waals surface area contributed by atoms with E-state index < -0.39 is 22.8 Å². The standard InChI is InChI=1S/C13H6Cl3F3/c14-8-2-1-6(3-9(8)15)12(16)7-4-10(17)13(19)11(18)5-7/h1-5,12H. The molecule has 0 saturated carbocycles. The minimum absolute atomic E-state index is 0.0939. The van der Waals surface area contributed by atoms with E-state index in [0.29, 0.717) is 10.6 Å². The van der Waals surface area contributed by atoms with Gasteiger partial charge in [-0.05, 0) is 35.4 Å². The van der Waals surface area contributed by atoms with E-state index in [4.69, 9.17) is 34.8 Å². The van der Waals surface area contributed by atoms with E-state index in [2.05, 4.69) is 0 Å². The molecule has 0 saturated heterocycles. The van der Waals surface area contributed by atoms with Gasteiger partial charge in [0.15, 0.2) is 17.5 Å². The van der Waals surface area contributed by atoms with Crippen LogP contribution in [0.15, 0.2) is 30.3 Å². The number of hydrogen-bond donors (Lipinski definition) is 0. The fourth-order valence-electron chi connectivity index (χ4n) is 1.58. The molecule has 1 unspecified atom stereocenters. The summed E-state index contributed by atoms with van der Waals surface area (Å²) in [5, 5.41) is -0.252. The van der Waals surface area contributed by atoms with Crippen LogP contribution in [0.25, 0.3) is 0 Å². The Morgan fingerprint density at radius 2 is 1.37 bits per heavy atom. The molecule has 0 aromatic heterocycles. The molecule has 19 heavy (non-hydrogen) atoms. The molecule has 0 spiro atoms. The van der Waals surface area contributed by atoms with E-state index in [0.717, 1.165) is 12.1 Å². The normalized spacial score (nSPS) is 12.5. The first-order valence-electron chi connectivity index (χ1n) is 5.13. The second-order valence-electron chi connectivity index (χ2n) is 3.83. The summed E-state index contributed by atoms with van der Waals surface area (Å²) in [6, 6.07) is 6.27. The molecule has 0 aliphatic carbocycles. The third-order valence-electron chi connectivity index (χ3n) is 2.54. The van der Waals surface area contributed by atoms with Crippen molar-refractivity contribution >= 4 is 34.8 Å². The zero-order chi connectivity index (χ0) is 14.2. The zero-order valence-electron chi connectivity index (χ0n) is 9.23. The Morgan fingerprint density at radius 3 is 1.89 bits per heavy atom. The van der Waals surface area contributed by atoms with Gasteiger partial charge in [-0.15, -0.1) is 11.6 Å².